The van der Waals surface area contributed by atoms with Gasteiger partial charge in [-0.1, -0.05) is 36.2 Å². The summed E-state index contributed by atoms with van der Waals surface area (Å²) in [7, 11) is 2.07. The fourth-order valence-corrected chi connectivity index (χ4v) is 3.56. The predicted octanol–water partition coefficient (Wildman–Crippen LogP) is 3.42. The zero-order valence-electron chi connectivity index (χ0n) is 13.7. The van der Waals surface area contributed by atoms with Crippen LogP contribution in [0.25, 0.3) is 0 Å². The lowest BCUT2D eigenvalue weighted by molar-refractivity contribution is 0.201. The molecule has 2 aromatic rings. The zero-order chi connectivity index (χ0) is 16.4. The van der Waals surface area contributed by atoms with Crippen LogP contribution in [0.15, 0.2) is 45.8 Å². The average molecular weight is 313 g/mol. The van der Waals surface area contributed by atoms with Crippen LogP contribution in [0, 0.1) is 6.92 Å². The second kappa shape index (κ2) is 6.59. The Balaban J connectivity index is 1.75. The van der Waals surface area contributed by atoms with Crippen molar-refractivity contribution in [2.24, 2.45) is 0 Å². The highest BCUT2D eigenvalue weighted by Crippen LogP contribution is 2.37. The lowest BCUT2D eigenvalue weighted by Crippen LogP contribution is -2.33. The summed E-state index contributed by atoms with van der Waals surface area (Å²) in [5.74, 6) is 0.768. The fraction of sp³-hybridized carbons (Fsp3) is 0.421. The van der Waals surface area contributed by atoms with Crippen LogP contribution in [0.5, 0.6) is 5.75 Å². The van der Waals surface area contributed by atoms with Crippen molar-refractivity contribution in [2.45, 2.75) is 44.7 Å². The third-order valence-corrected chi connectivity index (χ3v) is 4.82. The molecule has 4 heteroatoms. The fourth-order valence-electron chi connectivity index (χ4n) is 3.56. The summed E-state index contributed by atoms with van der Waals surface area (Å²) in [4.78, 5) is 13.8. The Morgan fingerprint density at radius 3 is 2.70 bits per heavy atom. The van der Waals surface area contributed by atoms with Gasteiger partial charge in [-0.05, 0) is 38.3 Å². The Bertz CT molecular complexity index is 720. The number of nitrogens with zero attached hydrogens (tertiary/aromatic N) is 1. The molecular formula is C19H23NO3. The van der Waals surface area contributed by atoms with E-state index in [-0.39, 0.29) is 11.2 Å². The van der Waals surface area contributed by atoms with Gasteiger partial charge in [0.15, 0.2) is 5.75 Å². The van der Waals surface area contributed by atoms with E-state index in [2.05, 4.69) is 43.1 Å². The lowest BCUT2D eigenvalue weighted by Gasteiger charge is -2.29. The van der Waals surface area contributed by atoms with E-state index in [0.29, 0.717) is 24.3 Å². The van der Waals surface area contributed by atoms with E-state index >= 15 is 0 Å². The third-order valence-electron chi connectivity index (χ3n) is 4.82. The first-order valence-electron chi connectivity index (χ1n) is 8.12. The van der Waals surface area contributed by atoms with Crippen molar-refractivity contribution in [3.8, 4) is 5.75 Å². The summed E-state index contributed by atoms with van der Waals surface area (Å²) in [6.45, 7) is 2.68. The average Bonchev–Trinajstić information content (AvgIpc) is 3.01. The molecule has 2 atom stereocenters. The van der Waals surface area contributed by atoms with Gasteiger partial charge in [0.05, 0.1) is 6.54 Å². The van der Waals surface area contributed by atoms with Crippen LogP contribution in [0.4, 0.5) is 0 Å². The minimum atomic E-state index is -0.388. The molecule has 2 unspecified atom stereocenters. The second-order valence-corrected chi connectivity index (χ2v) is 6.53. The highest BCUT2D eigenvalue weighted by atomic mass is 16.4. The number of benzene rings is 1. The first kappa shape index (κ1) is 15.8. The molecule has 0 amide bonds. The largest absolute Gasteiger partial charge is 0.502 e. The number of hydrogen-bond donors (Lipinski definition) is 1. The number of rotatable bonds is 4. The molecule has 122 valence electrons. The molecule has 0 bridgehead atoms. The number of hydrogen-bond acceptors (Lipinski definition) is 4. The first-order valence-corrected chi connectivity index (χ1v) is 8.12. The zero-order valence-corrected chi connectivity index (χ0v) is 13.7. The molecular weight excluding hydrogens is 290 g/mol. The molecule has 1 aromatic carbocycles. The van der Waals surface area contributed by atoms with Crippen LogP contribution in [-0.4, -0.2) is 23.1 Å². The molecule has 0 saturated heterocycles. The normalized spacial score (nSPS) is 21.0. The number of aromatic hydroxyl groups is 1. The van der Waals surface area contributed by atoms with E-state index in [4.69, 9.17) is 4.42 Å². The van der Waals surface area contributed by atoms with Crippen molar-refractivity contribution >= 4 is 0 Å². The van der Waals surface area contributed by atoms with Gasteiger partial charge in [-0.15, -0.1) is 0 Å². The smallest absolute Gasteiger partial charge is 0.226 e. The molecule has 0 aliphatic heterocycles. The summed E-state index contributed by atoms with van der Waals surface area (Å²) in [5.41, 5.74) is 2.28. The molecule has 1 aliphatic rings. The van der Waals surface area contributed by atoms with Gasteiger partial charge in [0.2, 0.25) is 5.43 Å². The van der Waals surface area contributed by atoms with Crippen LogP contribution in [0.1, 0.15) is 42.1 Å². The SMILES string of the molecule is Cc1ccc(C2CCCC2N(C)Cc2cc(=O)c(O)co2)cc1. The van der Waals surface area contributed by atoms with Gasteiger partial charge in [0.25, 0.3) is 0 Å². The lowest BCUT2D eigenvalue weighted by atomic mass is 9.92. The number of likely N-dealkylation sites (N-methyl/N-ethyl adjacent to an activating group) is 1. The van der Waals surface area contributed by atoms with Gasteiger partial charge < -0.3 is 9.52 Å². The maximum atomic E-state index is 11.5. The van der Waals surface area contributed by atoms with Crippen LogP contribution in [0.2, 0.25) is 0 Å². The van der Waals surface area contributed by atoms with Gasteiger partial charge >= 0.3 is 0 Å². The second-order valence-electron chi connectivity index (χ2n) is 6.53. The van der Waals surface area contributed by atoms with Crippen molar-refractivity contribution in [3.05, 3.63) is 63.7 Å². The third kappa shape index (κ3) is 3.48. The Hall–Kier alpha value is -2.07. The Morgan fingerprint density at radius 2 is 2.00 bits per heavy atom. The van der Waals surface area contributed by atoms with Crippen LogP contribution < -0.4 is 5.43 Å². The van der Waals surface area contributed by atoms with Crippen molar-refractivity contribution < 1.29 is 9.52 Å². The molecule has 23 heavy (non-hydrogen) atoms. The summed E-state index contributed by atoms with van der Waals surface area (Å²) in [5, 5.41) is 9.28. The predicted molar refractivity (Wildman–Crippen MR) is 89.7 cm³/mol. The van der Waals surface area contributed by atoms with Gasteiger partial charge in [0.1, 0.15) is 12.0 Å². The highest BCUT2D eigenvalue weighted by Gasteiger charge is 2.31. The van der Waals surface area contributed by atoms with Crippen LogP contribution in [-0.2, 0) is 6.54 Å². The van der Waals surface area contributed by atoms with E-state index in [9.17, 15) is 9.90 Å². The number of aryl methyl sites for hydroxylation is 1. The summed E-state index contributed by atoms with van der Waals surface area (Å²) in [6, 6.07) is 10.6. The molecule has 0 radical (unpaired) electrons. The Labute approximate surface area is 136 Å². The molecule has 1 aromatic heterocycles. The van der Waals surface area contributed by atoms with Crippen molar-refractivity contribution in [1.82, 2.24) is 4.90 Å². The van der Waals surface area contributed by atoms with Crippen molar-refractivity contribution in [2.75, 3.05) is 7.05 Å². The molecule has 1 N–H and O–H groups in total. The quantitative estimate of drug-likeness (QED) is 0.939. The van der Waals surface area contributed by atoms with Gasteiger partial charge in [-0.3, -0.25) is 9.69 Å². The van der Waals surface area contributed by atoms with Gasteiger partial charge in [0, 0.05) is 12.1 Å². The molecule has 1 aliphatic carbocycles. The Morgan fingerprint density at radius 1 is 1.26 bits per heavy atom. The highest BCUT2D eigenvalue weighted by molar-refractivity contribution is 5.27. The van der Waals surface area contributed by atoms with E-state index in [0.717, 1.165) is 12.7 Å². The summed E-state index contributed by atoms with van der Waals surface area (Å²) < 4.78 is 5.33. The minimum Gasteiger partial charge on any atom is -0.502 e. The van der Waals surface area contributed by atoms with Gasteiger partial charge in [-0.25, -0.2) is 0 Å². The minimum absolute atomic E-state index is 0.338. The maximum Gasteiger partial charge on any atom is 0.226 e. The van der Waals surface area contributed by atoms with E-state index in [1.54, 1.807) is 0 Å². The van der Waals surface area contributed by atoms with Gasteiger partial charge in [-0.2, -0.15) is 0 Å². The standard InChI is InChI=1S/C19H23NO3/c1-13-6-8-14(9-7-13)16-4-3-5-17(16)20(2)11-15-10-18(21)19(22)12-23-15/h6-10,12,16-17,22H,3-5,11H2,1-2H3. The molecule has 1 fully saturated rings. The Kier molecular flexibility index (Phi) is 4.53. The van der Waals surface area contributed by atoms with Crippen LogP contribution in [0.3, 0.4) is 0 Å². The maximum absolute atomic E-state index is 11.5. The van der Waals surface area contributed by atoms with E-state index in [1.165, 1.54) is 30.0 Å². The van der Waals surface area contributed by atoms with Crippen molar-refractivity contribution in [3.63, 3.8) is 0 Å². The molecule has 0 spiro atoms. The van der Waals surface area contributed by atoms with Crippen molar-refractivity contribution in [1.29, 1.82) is 0 Å². The summed E-state index contributed by atoms with van der Waals surface area (Å²) >= 11 is 0. The molecule has 4 nitrogen and oxygen atoms in total. The molecule has 1 saturated carbocycles. The van der Waals surface area contributed by atoms with E-state index < -0.39 is 0 Å². The topological polar surface area (TPSA) is 53.7 Å². The monoisotopic (exact) mass is 313 g/mol. The van der Waals surface area contributed by atoms with E-state index in [1.807, 2.05) is 0 Å². The molecule has 3 rings (SSSR count). The summed E-state index contributed by atoms with van der Waals surface area (Å²) in [6.07, 6.45) is 4.68. The molecule has 1 heterocycles. The van der Waals surface area contributed by atoms with Crippen LogP contribution >= 0.6 is 0 Å². The first-order chi connectivity index (χ1) is 11.0.